The maximum atomic E-state index is 11.1. The summed E-state index contributed by atoms with van der Waals surface area (Å²) in [7, 11) is 1.58. The van der Waals surface area contributed by atoms with Crippen LogP contribution in [0.2, 0.25) is 0 Å². The van der Waals surface area contributed by atoms with Crippen LogP contribution in [0.5, 0.6) is 0 Å². The molecule has 18 heavy (non-hydrogen) atoms. The lowest BCUT2D eigenvalue weighted by molar-refractivity contribution is -0.384. The van der Waals surface area contributed by atoms with E-state index < -0.39 is 4.92 Å². The van der Waals surface area contributed by atoms with Crippen LogP contribution in [0.15, 0.2) is 18.7 Å². The maximum absolute atomic E-state index is 11.1. The zero-order chi connectivity index (χ0) is 13.1. The van der Waals surface area contributed by atoms with Crippen molar-refractivity contribution < 1.29 is 4.92 Å². The Morgan fingerprint density at radius 3 is 2.83 bits per heavy atom. The highest BCUT2D eigenvalue weighted by Gasteiger charge is 2.24. The summed E-state index contributed by atoms with van der Waals surface area (Å²) in [5.41, 5.74) is -0.160. The molecule has 2 aromatic heterocycles. The highest BCUT2D eigenvalue weighted by Crippen LogP contribution is 2.27. The van der Waals surface area contributed by atoms with Crippen molar-refractivity contribution in [2.24, 2.45) is 0 Å². The third kappa shape index (κ3) is 1.88. The fourth-order valence-corrected chi connectivity index (χ4v) is 1.69. The summed E-state index contributed by atoms with van der Waals surface area (Å²) >= 11 is 0. The molecule has 0 amide bonds. The molecule has 0 radical (unpaired) electrons. The molecule has 2 rings (SSSR count). The van der Waals surface area contributed by atoms with E-state index in [1.165, 1.54) is 6.33 Å². The van der Waals surface area contributed by atoms with Gasteiger partial charge in [-0.15, -0.1) is 0 Å². The number of nitrogens with zero attached hydrogens (tertiary/aromatic N) is 5. The van der Waals surface area contributed by atoms with Crippen molar-refractivity contribution in [2.75, 3.05) is 12.4 Å². The Bertz CT molecular complexity index is 579. The average Bonchev–Trinajstić information content (AvgIpc) is 2.85. The Kier molecular flexibility index (Phi) is 3.18. The van der Waals surface area contributed by atoms with E-state index in [2.05, 4.69) is 20.3 Å². The second kappa shape index (κ2) is 4.78. The van der Waals surface area contributed by atoms with Crippen molar-refractivity contribution in [3.63, 3.8) is 0 Å². The van der Waals surface area contributed by atoms with Crippen molar-refractivity contribution in [2.45, 2.75) is 13.3 Å². The molecule has 2 heterocycles. The number of nitrogens with one attached hydrogen (secondary N) is 1. The predicted molar refractivity (Wildman–Crippen MR) is 64.7 cm³/mol. The van der Waals surface area contributed by atoms with E-state index in [9.17, 15) is 10.1 Å². The smallest absolute Gasteiger partial charge is 0.354 e. The maximum Gasteiger partial charge on any atom is 0.354 e. The SMILES string of the molecule is CCc1nccn1-c1ncnc(NC)c1[N+](=O)[O-]. The molecule has 0 aliphatic carbocycles. The van der Waals surface area contributed by atoms with Gasteiger partial charge < -0.3 is 5.32 Å². The molecule has 8 heteroatoms. The monoisotopic (exact) mass is 248 g/mol. The van der Waals surface area contributed by atoms with E-state index in [4.69, 9.17) is 0 Å². The molecule has 0 fully saturated rings. The number of hydrogen-bond donors (Lipinski definition) is 1. The van der Waals surface area contributed by atoms with Crippen LogP contribution in [0.25, 0.3) is 5.82 Å². The van der Waals surface area contributed by atoms with Gasteiger partial charge in [0, 0.05) is 25.9 Å². The Morgan fingerprint density at radius 2 is 2.22 bits per heavy atom. The zero-order valence-electron chi connectivity index (χ0n) is 9.99. The van der Waals surface area contributed by atoms with E-state index in [1.54, 1.807) is 24.0 Å². The summed E-state index contributed by atoms with van der Waals surface area (Å²) in [6.07, 6.45) is 5.17. The van der Waals surface area contributed by atoms with Crippen LogP contribution in [0, 0.1) is 10.1 Å². The largest absolute Gasteiger partial charge is 0.367 e. The van der Waals surface area contributed by atoms with Crippen molar-refractivity contribution >= 4 is 11.5 Å². The number of rotatable bonds is 4. The molecule has 94 valence electrons. The average molecular weight is 248 g/mol. The van der Waals surface area contributed by atoms with Crippen LogP contribution in [0.4, 0.5) is 11.5 Å². The van der Waals surface area contributed by atoms with Crippen LogP contribution in [0.3, 0.4) is 0 Å². The molecular weight excluding hydrogens is 236 g/mol. The van der Waals surface area contributed by atoms with Gasteiger partial charge in [0.15, 0.2) is 0 Å². The molecule has 0 aliphatic heterocycles. The molecule has 1 N–H and O–H groups in total. The van der Waals surface area contributed by atoms with Gasteiger partial charge in [-0.1, -0.05) is 6.92 Å². The third-order valence-electron chi connectivity index (χ3n) is 2.48. The second-order valence-corrected chi connectivity index (χ2v) is 3.47. The van der Waals surface area contributed by atoms with Crippen molar-refractivity contribution in [1.29, 1.82) is 0 Å². The normalized spacial score (nSPS) is 10.3. The summed E-state index contributed by atoms with van der Waals surface area (Å²) in [5.74, 6) is 1.10. The van der Waals surface area contributed by atoms with Gasteiger partial charge in [0.05, 0.1) is 4.92 Å². The Morgan fingerprint density at radius 1 is 1.44 bits per heavy atom. The minimum atomic E-state index is -0.499. The summed E-state index contributed by atoms with van der Waals surface area (Å²) in [5, 5.41) is 13.8. The first kappa shape index (κ1) is 12.0. The summed E-state index contributed by atoms with van der Waals surface area (Å²) in [4.78, 5) is 22.6. The Labute approximate surface area is 103 Å². The summed E-state index contributed by atoms with van der Waals surface area (Å²) in [6, 6.07) is 0. The van der Waals surface area contributed by atoms with Gasteiger partial charge in [0.1, 0.15) is 12.2 Å². The Balaban J connectivity index is 2.67. The molecule has 0 aromatic carbocycles. The van der Waals surface area contributed by atoms with Crippen LogP contribution < -0.4 is 5.32 Å². The molecule has 0 saturated carbocycles. The van der Waals surface area contributed by atoms with Crippen molar-refractivity contribution in [3.8, 4) is 5.82 Å². The minimum absolute atomic E-state index is 0.160. The number of aryl methyl sites for hydroxylation is 1. The van der Waals surface area contributed by atoms with Gasteiger partial charge in [-0.05, 0) is 0 Å². The fraction of sp³-hybridized carbons (Fsp3) is 0.300. The van der Waals surface area contributed by atoms with Gasteiger partial charge in [-0.2, -0.15) is 0 Å². The first-order chi connectivity index (χ1) is 8.69. The molecule has 0 spiro atoms. The lowest BCUT2D eigenvalue weighted by Crippen LogP contribution is -2.09. The van der Waals surface area contributed by atoms with E-state index in [-0.39, 0.29) is 17.3 Å². The number of nitro groups is 1. The molecule has 0 atom stereocenters. The second-order valence-electron chi connectivity index (χ2n) is 3.47. The van der Waals surface area contributed by atoms with Gasteiger partial charge >= 0.3 is 5.69 Å². The lowest BCUT2D eigenvalue weighted by atomic mass is 10.4. The van der Waals surface area contributed by atoms with Crippen molar-refractivity contribution in [1.82, 2.24) is 19.5 Å². The van der Waals surface area contributed by atoms with E-state index in [0.29, 0.717) is 12.2 Å². The standard InChI is InChI=1S/C10H12N6O2/c1-3-7-12-4-5-15(7)10-8(16(17)18)9(11-2)13-6-14-10/h4-6H,3H2,1-2H3,(H,11,13,14). The van der Waals surface area contributed by atoms with E-state index in [1.807, 2.05) is 6.92 Å². The minimum Gasteiger partial charge on any atom is -0.367 e. The van der Waals surface area contributed by atoms with Crippen LogP contribution in [-0.4, -0.2) is 31.5 Å². The van der Waals surface area contributed by atoms with E-state index >= 15 is 0 Å². The number of anilines is 1. The molecule has 0 unspecified atom stereocenters. The number of aromatic nitrogens is 4. The molecule has 0 saturated heterocycles. The quantitative estimate of drug-likeness (QED) is 0.644. The predicted octanol–water partition coefficient (Wildman–Crippen LogP) is 1.17. The lowest BCUT2D eigenvalue weighted by Gasteiger charge is -2.08. The first-order valence-electron chi connectivity index (χ1n) is 5.38. The van der Waals surface area contributed by atoms with Gasteiger partial charge in [0.2, 0.25) is 11.6 Å². The molecule has 0 bridgehead atoms. The zero-order valence-corrected chi connectivity index (χ0v) is 9.99. The van der Waals surface area contributed by atoms with E-state index in [0.717, 1.165) is 0 Å². The van der Waals surface area contributed by atoms with Crippen LogP contribution in [-0.2, 0) is 6.42 Å². The third-order valence-corrected chi connectivity index (χ3v) is 2.48. The molecule has 8 nitrogen and oxygen atoms in total. The van der Waals surface area contributed by atoms with Crippen LogP contribution in [0.1, 0.15) is 12.7 Å². The fourth-order valence-electron chi connectivity index (χ4n) is 1.69. The van der Waals surface area contributed by atoms with Gasteiger partial charge in [0.25, 0.3) is 0 Å². The highest BCUT2D eigenvalue weighted by atomic mass is 16.6. The first-order valence-corrected chi connectivity index (χ1v) is 5.38. The molecule has 0 aliphatic rings. The van der Waals surface area contributed by atoms with Gasteiger partial charge in [-0.25, -0.2) is 15.0 Å². The highest BCUT2D eigenvalue weighted by molar-refractivity contribution is 5.63. The summed E-state index contributed by atoms with van der Waals surface area (Å²) in [6.45, 7) is 1.92. The molecule has 2 aromatic rings. The Hall–Kier alpha value is -2.51. The van der Waals surface area contributed by atoms with Gasteiger partial charge in [-0.3, -0.25) is 14.7 Å². The number of hydrogen-bond acceptors (Lipinski definition) is 6. The number of imidazole rings is 1. The topological polar surface area (TPSA) is 98.8 Å². The summed E-state index contributed by atoms with van der Waals surface area (Å²) < 4.78 is 1.60. The molecular formula is C10H12N6O2. The van der Waals surface area contributed by atoms with Crippen LogP contribution >= 0.6 is 0 Å². The van der Waals surface area contributed by atoms with Crippen molar-refractivity contribution in [3.05, 3.63) is 34.7 Å².